The SMILES string of the molecule is COc1ccc(F)cc1C(=O)NC(C)c1cccc2ccccc12. The van der Waals surface area contributed by atoms with Crippen molar-refractivity contribution in [2.24, 2.45) is 0 Å². The molecule has 0 saturated carbocycles. The molecule has 0 aliphatic heterocycles. The van der Waals surface area contributed by atoms with Crippen molar-refractivity contribution in [2.75, 3.05) is 7.11 Å². The maximum Gasteiger partial charge on any atom is 0.255 e. The molecule has 0 aliphatic carbocycles. The lowest BCUT2D eigenvalue weighted by Gasteiger charge is -2.17. The molecular formula is C20H18FNO2. The van der Waals surface area contributed by atoms with E-state index in [1.807, 2.05) is 49.4 Å². The third kappa shape index (κ3) is 3.08. The summed E-state index contributed by atoms with van der Waals surface area (Å²) in [6.07, 6.45) is 0. The van der Waals surface area contributed by atoms with Crippen molar-refractivity contribution >= 4 is 16.7 Å². The lowest BCUT2D eigenvalue weighted by Crippen LogP contribution is -2.27. The van der Waals surface area contributed by atoms with Crippen LogP contribution in [0.15, 0.2) is 60.7 Å². The molecule has 1 unspecified atom stereocenters. The number of hydrogen-bond acceptors (Lipinski definition) is 2. The van der Waals surface area contributed by atoms with E-state index in [9.17, 15) is 9.18 Å². The van der Waals surface area contributed by atoms with Crippen LogP contribution in [0.3, 0.4) is 0 Å². The molecule has 0 spiro atoms. The van der Waals surface area contributed by atoms with Crippen molar-refractivity contribution in [3.63, 3.8) is 0 Å². The first-order valence-electron chi connectivity index (χ1n) is 7.72. The van der Waals surface area contributed by atoms with E-state index >= 15 is 0 Å². The third-order valence-electron chi connectivity index (χ3n) is 4.04. The molecule has 3 aromatic rings. The monoisotopic (exact) mass is 323 g/mol. The molecule has 0 aliphatic rings. The average Bonchev–Trinajstić information content (AvgIpc) is 2.61. The zero-order valence-corrected chi connectivity index (χ0v) is 13.5. The highest BCUT2D eigenvalue weighted by molar-refractivity contribution is 5.97. The molecule has 1 N–H and O–H groups in total. The Morgan fingerprint density at radius 2 is 1.83 bits per heavy atom. The van der Waals surface area contributed by atoms with Gasteiger partial charge in [0.2, 0.25) is 0 Å². The van der Waals surface area contributed by atoms with E-state index in [1.165, 1.54) is 25.3 Å². The van der Waals surface area contributed by atoms with Crippen LogP contribution in [0.4, 0.5) is 4.39 Å². The Kier molecular flexibility index (Phi) is 4.47. The maximum atomic E-state index is 13.5. The highest BCUT2D eigenvalue weighted by Crippen LogP contribution is 2.25. The predicted molar refractivity (Wildman–Crippen MR) is 92.8 cm³/mol. The molecule has 0 bridgehead atoms. The summed E-state index contributed by atoms with van der Waals surface area (Å²) in [6, 6.07) is 17.7. The van der Waals surface area contributed by atoms with Crippen LogP contribution in [-0.2, 0) is 0 Å². The summed E-state index contributed by atoms with van der Waals surface area (Å²) < 4.78 is 18.6. The number of methoxy groups -OCH3 is 1. The first kappa shape index (κ1) is 16.0. The van der Waals surface area contributed by atoms with Crippen molar-refractivity contribution in [3.05, 3.63) is 77.6 Å². The normalized spacial score (nSPS) is 12.0. The molecule has 0 aromatic heterocycles. The molecule has 1 atom stereocenters. The standard InChI is InChI=1S/C20H18FNO2/c1-13(16-9-5-7-14-6-3-4-8-17(14)16)22-20(23)18-12-15(21)10-11-19(18)24-2/h3-13H,1-2H3,(H,22,23). The summed E-state index contributed by atoms with van der Waals surface area (Å²) in [7, 11) is 1.46. The van der Waals surface area contributed by atoms with E-state index < -0.39 is 5.82 Å². The smallest absolute Gasteiger partial charge is 0.255 e. The lowest BCUT2D eigenvalue weighted by molar-refractivity contribution is 0.0936. The van der Waals surface area contributed by atoms with Gasteiger partial charge < -0.3 is 10.1 Å². The number of fused-ring (bicyclic) bond motifs is 1. The van der Waals surface area contributed by atoms with Gasteiger partial charge in [-0.3, -0.25) is 4.79 Å². The number of ether oxygens (including phenoxy) is 1. The van der Waals surface area contributed by atoms with Crippen LogP contribution in [0, 0.1) is 5.82 Å². The van der Waals surface area contributed by atoms with Crippen molar-refractivity contribution in [3.8, 4) is 5.75 Å². The molecule has 1 amide bonds. The fourth-order valence-electron chi connectivity index (χ4n) is 2.84. The average molecular weight is 323 g/mol. The minimum absolute atomic E-state index is 0.185. The van der Waals surface area contributed by atoms with Gasteiger partial charge in [0.25, 0.3) is 5.91 Å². The van der Waals surface area contributed by atoms with E-state index in [2.05, 4.69) is 5.32 Å². The number of carbonyl (C=O) groups excluding carboxylic acids is 1. The zero-order valence-electron chi connectivity index (χ0n) is 13.5. The van der Waals surface area contributed by atoms with Crippen molar-refractivity contribution in [1.29, 1.82) is 0 Å². The first-order chi connectivity index (χ1) is 11.6. The summed E-state index contributed by atoms with van der Waals surface area (Å²) in [5, 5.41) is 5.11. The van der Waals surface area contributed by atoms with Crippen molar-refractivity contribution in [2.45, 2.75) is 13.0 Å². The number of halogens is 1. The number of amides is 1. The van der Waals surface area contributed by atoms with Gasteiger partial charge >= 0.3 is 0 Å². The minimum Gasteiger partial charge on any atom is -0.496 e. The minimum atomic E-state index is -0.473. The van der Waals surface area contributed by atoms with Gasteiger partial charge in [0, 0.05) is 0 Å². The van der Waals surface area contributed by atoms with Gasteiger partial charge in [0.1, 0.15) is 11.6 Å². The summed E-state index contributed by atoms with van der Waals surface area (Å²) in [6.45, 7) is 1.91. The lowest BCUT2D eigenvalue weighted by atomic mass is 9.99. The molecule has 0 saturated heterocycles. The van der Waals surface area contributed by atoms with Gasteiger partial charge in [-0.05, 0) is 41.5 Å². The van der Waals surface area contributed by atoms with E-state index in [0.717, 1.165) is 16.3 Å². The van der Waals surface area contributed by atoms with Crippen LogP contribution in [0.2, 0.25) is 0 Å². The predicted octanol–water partition coefficient (Wildman–Crippen LogP) is 4.48. The first-order valence-corrected chi connectivity index (χ1v) is 7.72. The summed E-state index contributed by atoms with van der Waals surface area (Å²) in [5.41, 5.74) is 1.20. The van der Waals surface area contributed by atoms with E-state index in [0.29, 0.717) is 5.75 Å². The molecule has 24 heavy (non-hydrogen) atoms. The number of rotatable bonds is 4. The Balaban J connectivity index is 1.90. The summed E-state index contributed by atoms with van der Waals surface area (Å²) in [5.74, 6) is -0.496. The Bertz CT molecular complexity index is 886. The molecular weight excluding hydrogens is 305 g/mol. The fourth-order valence-corrected chi connectivity index (χ4v) is 2.84. The summed E-state index contributed by atoms with van der Waals surface area (Å²) in [4.78, 5) is 12.5. The van der Waals surface area contributed by atoms with Crippen molar-refractivity contribution in [1.82, 2.24) is 5.32 Å². The second kappa shape index (κ2) is 6.71. The highest BCUT2D eigenvalue weighted by Gasteiger charge is 2.17. The molecule has 0 heterocycles. The van der Waals surface area contributed by atoms with Gasteiger partial charge in [-0.1, -0.05) is 42.5 Å². The second-order valence-corrected chi connectivity index (χ2v) is 5.61. The fraction of sp³-hybridized carbons (Fsp3) is 0.150. The number of benzene rings is 3. The van der Waals surface area contributed by atoms with Crippen LogP contribution in [0.1, 0.15) is 28.9 Å². The van der Waals surface area contributed by atoms with Gasteiger partial charge in [-0.15, -0.1) is 0 Å². The number of hydrogen-bond donors (Lipinski definition) is 1. The van der Waals surface area contributed by atoms with Crippen LogP contribution in [-0.4, -0.2) is 13.0 Å². The van der Waals surface area contributed by atoms with E-state index in [1.54, 1.807) is 0 Å². The largest absolute Gasteiger partial charge is 0.496 e. The van der Waals surface area contributed by atoms with Crippen molar-refractivity contribution < 1.29 is 13.9 Å². The molecule has 122 valence electrons. The van der Waals surface area contributed by atoms with Gasteiger partial charge in [-0.25, -0.2) is 4.39 Å². The number of nitrogens with one attached hydrogen (secondary N) is 1. The Labute approximate surface area is 140 Å². The molecule has 3 nitrogen and oxygen atoms in total. The van der Waals surface area contributed by atoms with E-state index in [-0.39, 0.29) is 17.5 Å². The van der Waals surface area contributed by atoms with Gasteiger partial charge in [-0.2, -0.15) is 0 Å². The molecule has 3 aromatic carbocycles. The third-order valence-corrected chi connectivity index (χ3v) is 4.04. The molecule has 4 heteroatoms. The topological polar surface area (TPSA) is 38.3 Å². The van der Waals surface area contributed by atoms with Gasteiger partial charge in [0.15, 0.2) is 0 Å². The van der Waals surface area contributed by atoms with Crippen LogP contribution in [0.25, 0.3) is 10.8 Å². The quantitative estimate of drug-likeness (QED) is 0.769. The highest BCUT2D eigenvalue weighted by atomic mass is 19.1. The van der Waals surface area contributed by atoms with Crippen LogP contribution < -0.4 is 10.1 Å². The Morgan fingerprint density at radius 1 is 1.08 bits per heavy atom. The Morgan fingerprint density at radius 3 is 2.62 bits per heavy atom. The maximum absolute atomic E-state index is 13.5. The summed E-state index contributed by atoms with van der Waals surface area (Å²) >= 11 is 0. The molecule has 0 radical (unpaired) electrons. The van der Waals surface area contributed by atoms with E-state index in [4.69, 9.17) is 4.74 Å². The van der Waals surface area contributed by atoms with Gasteiger partial charge in [0.05, 0.1) is 18.7 Å². The molecule has 3 rings (SSSR count). The number of carbonyl (C=O) groups is 1. The molecule has 0 fully saturated rings. The van der Waals surface area contributed by atoms with Crippen LogP contribution in [0.5, 0.6) is 5.75 Å². The van der Waals surface area contributed by atoms with Crippen LogP contribution >= 0.6 is 0 Å². The second-order valence-electron chi connectivity index (χ2n) is 5.61. The Hall–Kier alpha value is -2.88. The zero-order chi connectivity index (χ0) is 17.1.